The number of rotatable bonds is 3. The van der Waals surface area contributed by atoms with Crippen LogP contribution in [0.4, 0.5) is 5.69 Å². The molecule has 1 aromatic heterocycles. The molecule has 0 aromatic carbocycles. The van der Waals surface area contributed by atoms with Crippen molar-refractivity contribution in [3.8, 4) is 0 Å². The predicted octanol–water partition coefficient (Wildman–Crippen LogP) is 1.76. The Balaban J connectivity index is 2.05. The Bertz CT molecular complexity index is 424. The fraction of sp³-hybridized carbons (Fsp3) is 0.545. The second-order valence-electron chi connectivity index (χ2n) is 4.04. The first-order valence-electron chi connectivity index (χ1n) is 5.44. The summed E-state index contributed by atoms with van der Waals surface area (Å²) in [5, 5.41) is 0. The number of hydrogen-bond acceptors (Lipinski definition) is 3. The molecule has 1 fully saturated rings. The molecule has 1 atom stereocenters. The monoisotopic (exact) mass is 286 g/mol. The largest absolute Gasteiger partial charge is 0.398 e. The van der Waals surface area contributed by atoms with Crippen LogP contribution in [-0.2, 0) is 11.3 Å². The van der Waals surface area contributed by atoms with Gasteiger partial charge in [0, 0.05) is 25.0 Å². The van der Waals surface area contributed by atoms with Crippen LogP contribution in [0.2, 0.25) is 0 Å². The smallest absolute Gasteiger partial charge is 0.264 e. The van der Waals surface area contributed by atoms with Crippen molar-refractivity contribution in [2.75, 3.05) is 12.3 Å². The number of pyridine rings is 1. The Morgan fingerprint density at radius 3 is 3.12 bits per heavy atom. The number of nitrogens with zero attached hydrogens (tertiary/aromatic N) is 1. The summed E-state index contributed by atoms with van der Waals surface area (Å²) in [7, 11) is 0. The maximum Gasteiger partial charge on any atom is 0.264 e. The molecule has 1 saturated heterocycles. The average Bonchev–Trinajstić information content (AvgIpc) is 2.74. The molecule has 1 aliphatic rings. The summed E-state index contributed by atoms with van der Waals surface area (Å²) in [6.07, 6.45) is 5.07. The molecule has 0 spiro atoms. The highest BCUT2D eigenvalue weighted by molar-refractivity contribution is 9.10. The molecule has 0 aliphatic carbocycles. The molecule has 0 bridgehead atoms. The fourth-order valence-corrected chi connectivity index (χ4v) is 2.43. The molecule has 0 radical (unpaired) electrons. The Labute approximate surface area is 103 Å². The number of aromatic nitrogens is 1. The minimum absolute atomic E-state index is 0.0350. The maximum absolute atomic E-state index is 11.7. The minimum Gasteiger partial charge on any atom is -0.398 e. The number of aryl methyl sites for hydroxylation is 1. The van der Waals surface area contributed by atoms with Crippen LogP contribution < -0.4 is 11.3 Å². The molecule has 0 saturated carbocycles. The molecule has 88 valence electrons. The van der Waals surface area contributed by atoms with Crippen LogP contribution >= 0.6 is 15.9 Å². The first-order valence-corrected chi connectivity index (χ1v) is 6.23. The lowest BCUT2D eigenvalue weighted by atomic mass is 10.2. The molecule has 4 nitrogen and oxygen atoms in total. The third-order valence-corrected chi connectivity index (χ3v) is 3.35. The molecule has 2 rings (SSSR count). The van der Waals surface area contributed by atoms with Gasteiger partial charge in [-0.15, -0.1) is 0 Å². The number of nitrogen functional groups attached to an aromatic ring is 1. The normalized spacial score (nSPS) is 20.2. The summed E-state index contributed by atoms with van der Waals surface area (Å²) in [4.78, 5) is 11.7. The van der Waals surface area contributed by atoms with Gasteiger partial charge in [-0.1, -0.05) is 0 Å². The van der Waals surface area contributed by atoms with Crippen molar-refractivity contribution in [2.45, 2.75) is 31.9 Å². The van der Waals surface area contributed by atoms with Gasteiger partial charge in [-0.3, -0.25) is 4.79 Å². The first-order chi connectivity index (χ1) is 7.66. The fourth-order valence-electron chi connectivity index (χ4n) is 1.94. The van der Waals surface area contributed by atoms with E-state index in [9.17, 15) is 4.79 Å². The Morgan fingerprint density at radius 2 is 2.44 bits per heavy atom. The Kier molecular flexibility index (Phi) is 3.66. The highest BCUT2D eigenvalue weighted by atomic mass is 79.9. The van der Waals surface area contributed by atoms with Crippen LogP contribution in [0.25, 0.3) is 0 Å². The van der Waals surface area contributed by atoms with E-state index >= 15 is 0 Å². The molecule has 1 unspecified atom stereocenters. The SMILES string of the molecule is Nc1cc(Br)c(=O)n(CCC2CCCO2)c1. The number of hydrogen-bond donors (Lipinski definition) is 1. The lowest BCUT2D eigenvalue weighted by Crippen LogP contribution is -2.23. The molecule has 0 amide bonds. The van der Waals surface area contributed by atoms with E-state index in [1.165, 1.54) is 0 Å². The summed E-state index contributed by atoms with van der Waals surface area (Å²) in [6, 6.07) is 1.63. The van der Waals surface area contributed by atoms with E-state index in [0.717, 1.165) is 25.9 Å². The van der Waals surface area contributed by atoms with E-state index in [-0.39, 0.29) is 5.56 Å². The van der Waals surface area contributed by atoms with Gasteiger partial charge in [0.15, 0.2) is 0 Å². The number of ether oxygens (including phenoxy) is 1. The summed E-state index contributed by atoms with van der Waals surface area (Å²) < 4.78 is 7.67. The van der Waals surface area contributed by atoms with Crippen molar-refractivity contribution < 1.29 is 4.74 Å². The second-order valence-corrected chi connectivity index (χ2v) is 4.90. The van der Waals surface area contributed by atoms with Crippen LogP contribution in [-0.4, -0.2) is 17.3 Å². The van der Waals surface area contributed by atoms with Gasteiger partial charge in [-0.2, -0.15) is 0 Å². The van der Waals surface area contributed by atoms with Crippen LogP contribution in [0.15, 0.2) is 21.5 Å². The summed E-state index contributed by atoms with van der Waals surface area (Å²) in [5.41, 5.74) is 6.25. The highest BCUT2D eigenvalue weighted by Gasteiger charge is 2.15. The zero-order chi connectivity index (χ0) is 11.5. The standard InChI is InChI=1S/C11H15BrN2O2/c12-10-6-8(13)7-14(11(10)15)4-3-9-2-1-5-16-9/h6-7,9H,1-5,13H2. The average molecular weight is 287 g/mol. The quantitative estimate of drug-likeness (QED) is 0.921. The molecule has 1 aliphatic heterocycles. The lowest BCUT2D eigenvalue weighted by Gasteiger charge is -2.11. The molecule has 2 heterocycles. The zero-order valence-electron chi connectivity index (χ0n) is 8.99. The van der Waals surface area contributed by atoms with Crippen molar-refractivity contribution in [1.82, 2.24) is 4.57 Å². The third kappa shape index (κ3) is 2.65. The number of anilines is 1. The van der Waals surface area contributed by atoms with E-state index < -0.39 is 0 Å². The van der Waals surface area contributed by atoms with E-state index in [0.29, 0.717) is 22.8 Å². The molecule has 1 aromatic rings. The topological polar surface area (TPSA) is 57.2 Å². The summed E-state index contributed by atoms with van der Waals surface area (Å²) in [5.74, 6) is 0. The van der Waals surface area contributed by atoms with E-state index in [4.69, 9.17) is 10.5 Å². The van der Waals surface area contributed by atoms with Crippen LogP contribution in [0.5, 0.6) is 0 Å². The first kappa shape index (κ1) is 11.7. The molecule has 5 heteroatoms. The second kappa shape index (κ2) is 5.01. The van der Waals surface area contributed by atoms with Crippen molar-refractivity contribution in [3.05, 3.63) is 27.1 Å². The van der Waals surface area contributed by atoms with Gasteiger partial charge < -0.3 is 15.0 Å². The number of halogens is 1. The van der Waals surface area contributed by atoms with Gasteiger partial charge in [0.05, 0.1) is 10.6 Å². The summed E-state index contributed by atoms with van der Waals surface area (Å²) in [6.45, 7) is 1.51. The van der Waals surface area contributed by atoms with Gasteiger partial charge in [0.25, 0.3) is 5.56 Å². The van der Waals surface area contributed by atoms with Crippen LogP contribution in [0.1, 0.15) is 19.3 Å². The van der Waals surface area contributed by atoms with E-state index in [2.05, 4.69) is 15.9 Å². The zero-order valence-corrected chi connectivity index (χ0v) is 10.6. The third-order valence-electron chi connectivity index (χ3n) is 2.78. The highest BCUT2D eigenvalue weighted by Crippen LogP contribution is 2.16. The molecule has 16 heavy (non-hydrogen) atoms. The van der Waals surface area contributed by atoms with Crippen molar-refractivity contribution in [3.63, 3.8) is 0 Å². The van der Waals surface area contributed by atoms with Crippen molar-refractivity contribution in [1.29, 1.82) is 0 Å². The molecular formula is C11H15BrN2O2. The van der Waals surface area contributed by atoms with Gasteiger partial charge in [-0.05, 0) is 41.3 Å². The minimum atomic E-state index is -0.0350. The Hall–Kier alpha value is -0.810. The predicted molar refractivity (Wildman–Crippen MR) is 66.4 cm³/mol. The Morgan fingerprint density at radius 1 is 1.62 bits per heavy atom. The van der Waals surface area contributed by atoms with Gasteiger partial charge >= 0.3 is 0 Å². The van der Waals surface area contributed by atoms with Gasteiger partial charge in [0.2, 0.25) is 0 Å². The van der Waals surface area contributed by atoms with Crippen molar-refractivity contribution >= 4 is 21.6 Å². The van der Waals surface area contributed by atoms with Gasteiger partial charge in [-0.25, -0.2) is 0 Å². The van der Waals surface area contributed by atoms with Gasteiger partial charge in [0.1, 0.15) is 0 Å². The molecule has 2 N–H and O–H groups in total. The van der Waals surface area contributed by atoms with Crippen LogP contribution in [0.3, 0.4) is 0 Å². The lowest BCUT2D eigenvalue weighted by molar-refractivity contribution is 0.100. The van der Waals surface area contributed by atoms with E-state index in [1.807, 2.05) is 0 Å². The molecular weight excluding hydrogens is 272 g/mol. The van der Waals surface area contributed by atoms with E-state index in [1.54, 1.807) is 16.8 Å². The van der Waals surface area contributed by atoms with Crippen molar-refractivity contribution in [2.24, 2.45) is 0 Å². The maximum atomic E-state index is 11.7. The number of nitrogens with two attached hydrogens (primary N) is 1. The van der Waals surface area contributed by atoms with Crippen LogP contribution in [0, 0.1) is 0 Å². The summed E-state index contributed by atoms with van der Waals surface area (Å²) >= 11 is 3.21.